The maximum Gasteiger partial charge on any atom is 0.159 e. The molecule has 1 fully saturated rings. The molecular formula is C28H26F2O2. The Labute approximate surface area is 187 Å². The van der Waals surface area contributed by atoms with E-state index in [1.54, 1.807) is 12.1 Å². The summed E-state index contributed by atoms with van der Waals surface area (Å²) in [5, 5.41) is 1.28. The summed E-state index contributed by atoms with van der Waals surface area (Å²) >= 11 is 0. The minimum Gasteiger partial charge on any atom is -0.352 e. The molecule has 0 N–H and O–H groups in total. The van der Waals surface area contributed by atoms with Gasteiger partial charge < -0.3 is 9.47 Å². The van der Waals surface area contributed by atoms with Crippen LogP contribution in [0, 0.1) is 29.4 Å². The molecule has 3 aromatic carbocycles. The summed E-state index contributed by atoms with van der Waals surface area (Å²) < 4.78 is 38.5. The molecule has 0 saturated carbocycles. The molecule has 0 unspecified atom stereocenters. The lowest BCUT2D eigenvalue weighted by Gasteiger charge is -2.29. The monoisotopic (exact) mass is 432 g/mol. The first kappa shape index (κ1) is 22.2. The Kier molecular flexibility index (Phi) is 7.32. The van der Waals surface area contributed by atoms with Crippen molar-refractivity contribution in [3.8, 4) is 11.8 Å². The minimum atomic E-state index is -0.852. The van der Waals surface area contributed by atoms with E-state index in [1.807, 2.05) is 24.3 Å². The quantitative estimate of drug-likeness (QED) is 0.331. The zero-order valence-corrected chi connectivity index (χ0v) is 18.0. The van der Waals surface area contributed by atoms with Gasteiger partial charge in [0.15, 0.2) is 17.9 Å². The predicted octanol–water partition coefficient (Wildman–Crippen LogP) is 6.41. The van der Waals surface area contributed by atoms with E-state index in [1.165, 1.54) is 17.7 Å². The number of allylic oxidation sites excluding steroid dienone is 1. The van der Waals surface area contributed by atoms with E-state index in [0.29, 0.717) is 16.7 Å². The van der Waals surface area contributed by atoms with Crippen LogP contribution >= 0.6 is 0 Å². The van der Waals surface area contributed by atoms with Gasteiger partial charge in [-0.25, -0.2) is 8.78 Å². The van der Waals surface area contributed by atoms with Gasteiger partial charge in [0, 0.05) is 23.5 Å². The molecule has 0 spiro atoms. The number of benzene rings is 3. The molecule has 0 atom stereocenters. The molecule has 2 nitrogen and oxygen atoms in total. The number of hydrogen-bond acceptors (Lipinski definition) is 2. The van der Waals surface area contributed by atoms with Gasteiger partial charge in [-0.2, -0.15) is 0 Å². The summed E-state index contributed by atoms with van der Waals surface area (Å²) in [6, 6.07) is 15.9. The van der Waals surface area contributed by atoms with E-state index in [2.05, 4.69) is 30.6 Å². The number of hydrogen-bond donors (Lipinski definition) is 0. The Balaban J connectivity index is 1.31. The third-order valence-corrected chi connectivity index (χ3v) is 5.67. The standard InChI is InChI=1S/C28H26F2O2/c1-2-3-4-23-18-31-28(32-19-23)14-12-21-7-5-20(6-8-21)9-10-22-11-13-24-16-26(29)27(30)17-25(24)15-22/h2,5-8,11,13,15-17,23,28H,1,3-4,12,14,18-19H2. The summed E-state index contributed by atoms with van der Waals surface area (Å²) in [5.74, 6) is 5.00. The molecule has 1 aliphatic rings. The van der Waals surface area contributed by atoms with E-state index in [9.17, 15) is 8.78 Å². The lowest BCUT2D eigenvalue weighted by Crippen LogP contribution is -2.32. The fourth-order valence-corrected chi connectivity index (χ4v) is 3.77. The highest BCUT2D eigenvalue weighted by Crippen LogP contribution is 2.21. The highest BCUT2D eigenvalue weighted by Gasteiger charge is 2.21. The van der Waals surface area contributed by atoms with Gasteiger partial charge in [0.05, 0.1) is 13.2 Å². The lowest BCUT2D eigenvalue weighted by atomic mass is 10.0. The zero-order valence-electron chi connectivity index (χ0n) is 18.0. The van der Waals surface area contributed by atoms with Gasteiger partial charge in [-0.3, -0.25) is 0 Å². The summed E-state index contributed by atoms with van der Waals surface area (Å²) in [6.07, 6.45) is 5.56. The molecular weight excluding hydrogens is 406 g/mol. The molecule has 1 heterocycles. The second-order valence-corrected chi connectivity index (χ2v) is 8.14. The molecule has 0 aliphatic carbocycles. The molecule has 164 valence electrons. The number of fused-ring (bicyclic) bond motifs is 1. The van der Waals surface area contributed by atoms with Crippen LogP contribution in [0.25, 0.3) is 10.8 Å². The van der Waals surface area contributed by atoms with Gasteiger partial charge in [0.2, 0.25) is 0 Å². The van der Waals surface area contributed by atoms with E-state index in [4.69, 9.17) is 9.47 Å². The van der Waals surface area contributed by atoms with Crippen molar-refractivity contribution in [2.24, 2.45) is 5.92 Å². The van der Waals surface area contributed by atoms with Crippen LogP contribution in [0.2, 0.25) is 0 Å². The molecule has 0 amide bonds. The molecule has 0 radical (unpaired) electrons. The van der Waals surface area contributed by atoms with Crippen LogP contribution in [-0.4, -0.2) is 19.5 Å². The number of aryl methyl sites for hydroxylation is 1. The Morgan fingerprint density at radius 1 is 0.844 bits per heavy atom. The largest absolute Gasteiger partial charge is 0.352 e. The van der Waals surface area contributed by atoms with Gasteiger partial charge in [0.25, 0.3) is 0 Å². The maximum absolute atomic E-state index is 13.5. The van der Waals surface area contributed by atoms with Gasteiger partial charge in [-0.1, -0.05) is 36.1 Å². The van der Waals surface area contributed by atoms with E-state index >= 15 is 0 Å². The Bertz CT molecular complexity index is 1130. The SMILES string of the molecule is C=CCCC1COC(CCc2ccc(C#Cc3ccc4cc(F)c(F)cc4c3)cc2)OC1. The highest BCUT2D eigenvalue weighted by atomic mass is 19.2. The molecule has 3 aromatic rings. The van der Waals surface area contributed by atoms with Crippen LogP contribution in [0.15, 0.2) is 67.3 Å². The van der Waals surface area contributed by atoms with Crippen LogP contribution in [-0.2, 0) is 15.9 Å². The van der Waals surface area contributed by atoms with Crippen molar-refractivity contribution in [3.63, 3.8) is 0 Å². The fourth-order valence-electron chi connectivity index (χ4n) is 3.77. The smallest absolute Gasteiger partial charge is 0.159 e. The molecule has 0 bridgehead atoms. The average molecular weight is 433 g/mol. The highest BCUT2D eigenvalue weighted by molar-refractivity contribution is 5.84. The number of halogens is 2. The van der Waals surface area contributed by atoms with Crippen molar-refractivity contribution >= 4 is 10.8 Å². The van der Waals surface area contributed by atoms with Crippen molar-refractivity contribution < 1.29 is 18.3 Å². The van der Waals surface area contributed by atoms with Gasteiger partial charge in [0.1, 0.15) is 0 Å². The average Bonchev–Trinajstić information content (AvgIpc) is 2.82. The van der Waals surface area contributed by atoms with Gasteiger partial charge in [-0.05, 0) is 72.0 Å². The van der Waals surface area contributed by atoms with E-state index in [0.717, 1.165) is 50.0 Å². The second kappa shape index (κ2) is 10.5. The van der Waals surface area contributed by atoms with E-state index in [-0.39, 0.29) is 6.29 Å². The van der Waals surface area contributed by atoms with Crippen LogP contribution in [0.1, 0.15) is 36.0 Å². The van der Waals surface area contributed by atoms with Crippen molar-refractivity contribution in [2.75, 3.05) is 13.2 Å². The summed E-state index contributed by atoms with van der Waals surface area (Å²) in [5.41, 5.74) is 2.86. The van der Waals surface area contributed by atoms with Crippen LogP contribution < -0.4 is 0 Å². The normalized spacial score (nSPS) is 18.2. The number of ether oxygens (including phenoxy) is 2. The zero-order chi connectivity index (χ0) is 22.3. The van der Waals surface area contributed by atoms with Crippen LogP contribution in [0.3, 0.4) is 0 Å². The summed E-state index contributed by atoms with van der Waals surface area (Å²) in [4.78, 5) is 0. The van der Waals surface area contributed by atoms with Crippen molar-refractivity contribution in [2.45, 2.75) is 32.0 Å². The fraction of sp³-hybridized carbons (Fsp3) is 0.286. The number of rotatable bonds is 6. The molecule has 1 saturated heterocycles. The summed E-state index contributed by atoms with van der Waals surface area (Å²) in [6.45, 7) is 5.27. The topological polar surface area (TPSA) is 18.5 Å². The van der Waals surface area contributed by atoms with Crippen molar-refractivity contribution in [3.05, 3.63) is 95.6 Å². The molecule has 0 aromatic heterocycles. The lowest BCUT2D eigenvalue weighted by molar-refractivity contribution is -0.203. The Hall–Kier alpha value is -3.00. The first-order valence-corrected chi connectivity index (χ1v) is 10.9. The first-order chi connectivity index (χ1) is 15.6. The molecule has 1 aliphatic heterocycles. The van der Waals surface area contributed by atoms with Crippen LogP contribution in [0.4, 0.5) is 8.78 Å². The van der Waals surface area contributed by atoms with E-state index < -0.39 is 11.6 Å². The van der Waals surface area contributed by atoms with Crippen LogP contribution in [0.5, 0.6) is 0 Å². The Morgan fingerprint density at radius 3 is 2.22 bits per heavy atom. The van der Waals surface area contributed by atoms with Crippen molar-refractivity contribution in [1.29, 1.82) is 0 Å². The third-order valence-electron chi connectivity index (χ3n) is 5.67. The molecule has 4 rings (SSSR count). The Morgan fingerprint density at radius 2 is 1.50 bits per heavy atom. The molecule has 32 heavy (non-hydrogen) atoms. The van der Waals surface area contributed by atoms with Gasteiger partial charge >= 0.3 is 0 Å². The maximum atomic E-state index is 13.5. The first-order valence-electron chi connectivity index (χ1n) is 10.9. The second-order valence-electron chi connectivity index (χ2n) is 8.14. The molecule has 4 heteroatoms. The predicted molar refractivity (Wildman–Crippen MR) is 123 cm³/mol. The third kappa shape index (κ3) is 5.82. The summed E-state index contributed by atoms with van der Waals surface area (Å²) in [7, 11) is 0. The van der Waals surface area contributed by atoms with Gasteiger partial charge in [-0.15, -0.1) is 6.58 Å². The minimum absolute atomic E-state index is 0.138. The van der Waals surface area contributed by atoms with Crippen molar-refractivity contribution in [1.82, 2.24) is 0 Å².